The molecule has 1 amide bonds. The van der Waals surface area contributed by atoms with Gasteiger partial charge in [-0.2, -0.15) is 13.2 Å². The molecule has 0 spiro atoms. The summed E-state index contributed by atoms with van der Waals surface area (Å²) in [5.41, 5.74) is 0. The van der Waals surface area contributed by atoms with Crippen LogP contribution in [0.25, 0.3) is 0 Å². The van der Waals surface area contributed by atoms with Gasteiger partial charge in [0, 0.05) is 44.4 Å². The van der Waals surface area contributed by atoms with E-state index in [2.05, 4.69) is 20.2 Å². The number of aromatic nitrogens is 2. The van der Waals surface area contributed by atoms with Crippen molar-refractivity contribution >= 4 is 17.8 Å². The van der Waals surface area contributed by atoms with Gasteiger partial charge >= 0.3 is 12.1 Å². The summed E-state index contributed by atoms with van der Waals surface area (Å²) in [4.78, 5) is 31.6. The van der Waals surface area contributed by atoms with Crippen LogP contribution in [0.3, 0.4) is 0 Å². The highest BCUT2D eigenvalue weighted by Gasteiger charge is 2.42. The van der Waals surface area contributed by atoms with E-state index in [0.717, 1.165) is 39.1 Å². The number of piperidine rings is 1. The zero-order valence-corrected chi connectivity index (χ0v) is 16.3. The standard InChI is InChI=1S/C17H24N4O2.C2HF3O2/c22-16(8-12-2-3-12)21-7-4-14-13(10-21)11-23-15(14)9-20-17-18-5-1-6-19-17;3-2(4,5)1(6)7/h1,5-6,12-15H,2-4,7-11H2,(H,18,19,20);(H,6,7)/t13-,14-,15-;/m1./s1. The van der Waals surface area contributed by atoms with Crippen LogP contribution in [0.4, 0.5) is 19.1 Å². The largest absolute Gasteiger partial charge is 0.490 e. The number of carboxylic acids is 1. The van der Waals surface area contributed by atoms with Crippen LogP contribution in [-0.2, 0) is 14.3 Å². The number of carbonyl (C=O) groups excluding carboxylic acids is 1. The van der Waals surface area contributed by atoms with Crippen LogP contribution in [-0.4, -0.2) is 70.4 Å². The van der Waals surface area contributed by atoms with Gasteiger partial charge in [-0.25, -0.2) is 14.8 Å². The fourth-order valence-corrected chi connectivity index (χ4v) is 3.80. The Bertz CT molecular complexity index is 730. The molecule has 1 aromatic rings. The molecule has 3 fully saturated rings. The number of rotatable bonds is 5. The molecule has 2 saturated heterocycles. The number of fused-ring (bicyclic) bond motifs is 1. The van der Waals surface area contributed by atoms with Gasteiger partial charge in [0.1, 0.15) is 0 Å². The van der Waals surface area contributed by atoms with Gasteiger partial charge in [0.2, 0.25) is 11.9 Å². The minimum atomic E-state index is -5.08. The quantitative estimate of drug-likeness (QED) is 0.738. The first-order chi connectivity index (χ1) is 14.2. The van der Waals surface area contributed by atoms with Crippen molar-refractivity contribution in [2.75, 3.05) is 31.6 Å². The summed E-state index contributed by atoms with van der Waals surface area (Å²) < 4.78 is 37.7. The number of anilines is 1. The van der Waals surface area contributed by atoms with E-state index in [4.69, 9.17) is 14.6 Å². The molecule has 1 aromatic heterocycles. The zero-order chi connectivity index (χ0) is 21.7. The Labute approximate surface area is 171 Å². The van der Waals surface area contributed by atoms with Gasteiger partial charge in [0.15, 0.2) is 0 Å². The summed E-state index contributed by atoms with van der Waals surface area (Å²) in [7, 11) is 0. The number of likely N-dealkylation sites (tertiary alicyclic amines) is 1. The smallest absolute Gasteiger partial charge is 0.475 e. The van der Waals surface area contributed by atoms with Crippen molar-refractivity contribution in [1.29, 1.82) is 0 Å². The summed E-state index contributed by atoms with van der Waals surface area (Å²) in [6.07, 6.45) is 2.87. The van der Waals surface area contributed by atoms with Crippen molar-refractivity contribution in [2.24, 2.45) is 17.8 Å². The molecule has 0 aromatic carbocycles. The lowest BCUT2D eigenvalue weighted by Crippen LogP contribution is -2.45. The summed E-state index contributed by atoms with van der Waals surface area (Å²) >= 11 is 0. The number of halogens is 3. The number of hydrogen-bond acceptors (Lipinski definition) is 6. The van der Waals surface area contributed by atoms with Crippen molar-refractivity contribution in [3.63, 3.8) is 0 Å². The van der Waals surface area contributed by atoms with E-state index in [1.54, 1.807) is 12.4 Å². The number of aliphatic carboxylic acids is 1. The van der Waals surface area contributed by atoms with Crippen LogP contribution in [0.15, 0.2) is 18.5 Å². The van der Waals surface area contributed by atoms with E-state index in [9.17, 15) is 18.0 Å². The van der Waals surface area contributed by atoms with Gasteiger partial charge in [-0.05, 0) is 37.2 Å². The normalized spacial score (nSPS) is 25.7. The molecule has 2 aliphatic heterocycles. The van der Waals surface area contributed by atoms with E-state index in [-0.39, 0.29) is 6.10 Å². The molecule has 166 valence electrons. The Hall–Kier alpha value is -2.43. The first-order valence-electron chi connectivity index (χ1n) is 9.94. The minimum absolute atomic E-state index is 0.199. The molecule has 11 heteroatoms. The molecule has 3 aliphatic rings. The van der Waals surface area contributed by atoms with Crippen LogP contribution in [0, 0.1) is 17.8 Å². The SMILES string of the molecule is O=C(CC1CC1)N1CC[C@@H]2[C@@H](CO[C@@H]2CNc2ncccn2)C1.O=C(O)C(F)(F)F. The second-order valence-corrected chi connectivity index (χ2v) is 7.83. The number of amides is 1. The highest BCUT2D eigenvalue weighted by Crippen LogP contribution is 2.37. The lowest BCUT2D eigenvalue weighted by molar-refractivity contribution is -0.192. The van der Waals surface area contributed by atoms with Crippen molar-refractivity contribution in [1.82, 2.24) is 14.9 Å². The molecule has 30 heavy (non-hydrogen) atoms. The number of nitrogens with zero attached hydrogens (tertiary/aromatic N) is 3. The number of alkyl halides is 3. The molecule has 8 nitrogen and oxygen atoms in total. The van der Waals surface area contributed by atoms with Crippen LogP contribution < -0.4 is 5.32 Å². The van der Waals surface area contributed by atoms with Crippen LogP contribution in [0.5, 0.6) is 0 Å². The fraction of sp³-hybridized carbons (Fsp3) is 0.684. The summed E-state index contributed by atoms with van der Waals surface area (Å²) in [5, 5.41) is 10.4. The van der Waals surface area contributed by atoms with Gasteiger partial charge in [-0.15, -0.1) is 0 Å². The average molecular weight is 430 g/mol. The molecule has 0 bridgehead atoms. The highest BCUT2D eigenvalue weighted by molar-refractivity contribution is 5.76. The van der Waals surface area contributed by atoms with Gasteiger partial charge in [0.25, 0.3) is 0 Å². The van der Waals surface area contributed by atoms with Crippen LogP contribution in [0.1, 0.15) is 25.7 Å². The molecule has 2 N–H and O–H groups in total. The van der Waals surface area contributed by atoms with Crippen molar-refractivity contribution in [3.8, 4) is 0 Å². The topological polar surface area (TPSA) is 105 Å². The van der Waals surface area contributed by atoms with Gasteiger partial charge in [-0.1, -0.05) is 0 Å². The van der Waals surface area contributed by atoms with E-state index in [0.29, 0.717) is 29.6 Å². The third-order valence-electron chi connectivity index (χ3n) is 5.58. The molecule has 1 saturated carbocycles. The van der Waals surface area contributed by atoms with E-state index in [1.165, 1.54) is 12.8 Å². The molecular weight excluding hydrogens is 405 g/mol. The number of carbonyl (C=O) groups is 2. The Kier molecular flexibility index (Phi) is 7.11. The van der Waals surface area contributed by atoms with Crippen LogP contribution in [0.2, 0.25) is 0 Å². The van der Waals surface area contributed by atoms with E-state index < -0.39 is 12.1 Å². The Morgan fingerprint density at radius 2 is 1.90 bits per heavy atom. The fourth-order valence-electron chi connectivity index (χ4n) is 3.80. The van der Waals surface area contributed by atoms with E-state index >= 15 is 0 Å². The molecule has 4 rings (SSSR count). The lowest BCUT2D eigenvalue weighted by Gasteiger charge is -2.35. The summed E-state index contributed by atoms with van der Waals surface area (Å²) in [6, 6.07) is 1.81. The summed E-state index contributed by atoms with van der Waals surface area (Å²) in [6.45, 7) is 3.25. The monoisotopic (exact) mass is 430 g/mol. The van der Waals surface area contributed by atoms with Crippen molar-refractivity contribution < 1.29 is 32.6 Å². The Morgan fingerprint density at radius 1 is 1.23 bits per heavy atom. The molecule has 0 radical (unpaired) electrons. The van der Waals surface area contributed by atoms with Gasteiger partial charge < -0.3 is 20.1 Å². The predicted molar refractivity (Wildman–Crippen MR) is 99.5 cm³/mol. The average Bonchev–Trinajstić information content (AvgIpc) is 3.43. The molecule has 0 unspecified atom stereocenters. The molecule has 1 aliphatic carbocycles. The molecule has 3 heterocycles. The Balaban J connectivity index is 0.000000318. The minimum Gasteiger partial charge on any atom is -0.475 e. The second kappa shape index (κ2) is 9.59. The third kappa shape index (κ3) is 6.28. The van der Waals surface area contributed by atoms with Gasteiger partial charge in [-0.3, -0.25) is 4.79 Å². The number of ether oxygens (including phenoxy) is 1. The molecule has 3 atom stereocenters. The predicted octanol–water partition coefficient (Wildman–Crippen LogP) is 2.19. The Morgan fingerprint density at radius 3 is 2.50 bits per heavy atom. The second-order valence-electron chi connectivity index (χ2n) is 7.83. The van der Waals surface area contributed by atoms with Crippen molar-refractivity contribution in [3.05, 3.63) is 18.5 Å². The highest BCUT2D eigenvalue weighted by atomic mass is 19.4. The number of nitrogens with one attached hydrogen (secondary N) is 1. The van der Waals surface area contributed by atoms with Crippen LogP contribution >= 0.6 is 0 Å². The third-order valence-corrected chi connectivity index (χ3v) is 5.58. The zero-order valence-electron chi connectivity index (χ0n) is 16.3. The van der Waals surface area contributed by atoms with Gasteiger partial charge in [0.05, 0.1) is 12.7 Å². The maximum Gasteiger partial charge on any atom is 0.490 e. The lowest BCUT2D eigenvalue weighted by atomic mass is 9.84. The number of hydrogen-bond donors (Lipinski definition) is 2. The first-order valence-corrected chi connectivity index (χ1v) is 9.94. The maximum atomic E-state index is 12.3. The molecular formula is C19H25F3N4O4. The van der Waals surface area contributed by atoms with Crippen molar-refractivity contribution in [2.45, 2.75) is 38.0 Å². The number of carboxylic acid groups (broad SMARTS) is 1. The van der Waals surface area contributed by atoms with E-state index in [1.807, 2.05) is 6.07 Å². The first kappa shape index (κ1) is 22.3. The summed E-state index contributed by atoms with van der Waals surface area (Å²) in [5.74, 6) is -0.0660. The maximum absolute atomic E-state index is 12.3.